The molecule has 0 fully saturated rings. The number of aliphatic carboxylic acids is 2. The lowest BCUT2D eigenvalue weighted by atomic mass is 10.1. The Bertz CT molecular complexity index is 717. The lowest BCUT2D eigenvalue weighted by molar-refractivity contribution is -0.139. The van der Waals surface area contributed by atoms with Gasteiger partial charge in [0.15, 0.2) is 0 Å². The zero-order valence-electron chi connectivity index (χ0n) is 15.5. The first-order valence-corrected chi connectivity index (χ1v) is 10.2. The van der Waals surface area contributed by atoms with Crippen molar-refractivity contribution in [1.82, 2.24) is 10.6 Å². The van der Waals surface area contributed by atoms with Gasteiger partial charge in [0, 0.05) is 12.2 Å². The van der Waals surface area contributed by atoms with Gasteiger partial charge in [0.1, 0.15) is 24.7 Å². The summed E-state index contributed by atoms with van der Waals surface area (Å²) in [5.74, 6) is -4.31. The smallest absolute Gasteiger partial charge is 0.394 e. The van der Waals surface area contributed by atoms with Gasteiger partial charge in [0.25, 0.3) is 0 Å². The minimum absolute atomic E-state index is 0.162. The maximum Gasteiger partial charge on any atom is 0.394 e. The number of rotatable bonds is 11. The van der Waals surface area contributed by atoms with Gasteiger partial charge in [-0.2, -0.15) is 8.42 Å². The molecular formula is C13H23N3O12S2. The highest BCUT2D eigenvalue weighted by Gasteiger charge is 2.24. The average molecular weight is 477 g/mol. The molecule has 0 aliphatic carbocycles. The molecule has 3 unspecified atom stereocenters. The van der Waals surface area contributed by atoms with Crippen LogP contribution < -0.4 is 16.4 Å². The first kappa shape index (κ1) is 29.9. The van der Waals surface area contributed by atoms with Crippen molar-refractivity contribution in [2.24, 2.45) is 5.73 Å². The zero-order chi connectivity index (χ0) is 24.1. The van der Waals surface area contributed by atoms with E-state index in [9.17, 15) is 24.0 Å². The second-order valence-electron chi connectivity index (χ2n) is 5.47. The number of hydrogen-bond donors (Lipinski definition) is 8. The van der Waals surface area contributed by atoms with Crippen molar-refractivity contribution in [2.45, 2.75) is 38.0 Å². The molecule has 3 atom stereocenters. The van der Waals surface area contributed by atoms with Crippen LogP contribution in [0.25, 0.3) is 0 Å². The molecule has 174 valence electrons. The number of nitrogens with one attached hydrogen (secondary N) is 2. The van der Waals surface area contributed by atoms with E-state index < -0.39 is 64.0 Å². The third-order valence-corrected chi connectivity index (χ3v) is 3.92. The first-order chi connectivity index (χ1) is 13.5. The zero-order valence-corrected chi connectivity index (χ0v) is 17.2. The molecule has 0 aromatic rings. The van der Waals surface area contributed by atoms with E-state index in [1.807, 2.05) is 0 Å². The van der Waals surface area contributed by atoms with Crippen molar-refractivity contribution in [2.75, 3.05) is 12.3 Å². The summed E-state index contributed by atoms with van der Waals surface area (Å²) in [7, 11) is -4.67. The van der Waals surface area contributed by atoms with Gasteiger partial charge >= 0.3 is 22.3 Å². The lowest BCUT2D eigenvalue weighted by Gasteiger charge is -2.18. The van der Waals surface area contributed by atoms with Gasteiger partial charge in [-0.25, -0.2) is 0 Å². The first-order valence-electron chi connectivity index (χ1n) is 7.86. The molecule has 0 rings (SSSR count). The lowest BCUT2D eigenvalue weighted by Crippen LogP contribution is -2.49. The minimum atomic E-state index is -4.67. The highest BCUT2D eigenvalue weighted by Crippen LogP contribution is 2.08. The molecule has 2 amide bonds. The number of carbonyl (C=O) groups is 5. The molecule has 30 heavy (non-hydrogen) atoms. The van der Waals surface area contributed by atoms with Crippen LogP contribution in [0.15, 0.2) is 0 Å². The van der Waals surface area contributed by atoms with E-state index in [4.69, 9.17) is 38.6 Å². The van der Waals surface area contributed by atoms with Gasteiger partial charge in [-0.1, -0.05) is 11.8 Å². The number of carboxylic acid groups (broad SMARTS) is 2. The molecule has 0 bridgehead atoms. The maximum atomic E-state index is 11.9. The van der Waals surface area contributed by atoms with Crippen LogP contribution in [0.3, 0.4) is 0 Å². The Morgan fingerprint density at radius 1 is 1.10 bits per heavy atom. The normalized spacial score (nSPS) is 13.6. The van der Waals surface area contributed by atoms with Crippen LogP contribution in [0.4, 0.5) is 0 Å². The molecule has 0 saturated heterocycles. The topological polar surface area (TPSA) is 271 Å². The fourth-order valence-electron chi connectivity index (χ4n) is 1.43. The number of carbonyl (C=O) groups excluding carboxylic acids is 3. The predicted octanol–water partition coefficient (Wildman–Crippen LogP) is -3.15. The van der Waals surface area contributed by atoms with Crippen molar-refractivity contribution in [3.63, 3.8) is 0 Å². The number of nitrogens with two attached hydrogens (primary N) is 1. The highest BCUT2D eigenvalue weighted by atomic mass is 32.3. The molecular weight excluding hydrogens is 454 g/mol. The van der Waals surface area contributed by atoms with Crippen LogP contribution in [0.1, 0.15) is 19.8 Å². The minimum Gasteiger partial charge on any atom is -0.480 e. The van der Waals surface area contributed by atoms with Crippen LogP contribution >= 0.6 is 11.8 Å². The summed E-state index contributed by atoms with van der Waals surface area (Å²) in [4.78, 5) is 56.2. The molecule has 9 N–H and O–H groups in total. The van der Waals surface area contributed by atoms with Crippen LogP contribution in [0.2, 0.25) is 0 Å². The van der Waals surface area contributed by atoms with E-state index in [2.05, 4.69) is 10.6 Å². The second-order valence-corrected chi connectivity index (χ2v) is 7.39. The Kier molecular flexibility index (Phi) is 14.6. The SMILES string of the molecule is CC(O)C(=O)SCC(NC(=O)CCC(N)C(=O)O)C(=O)NCC(=O)O.O=S(=O)(O)O. The van der Waals surface area contributed by atoms with Crippen LogP contribution in [-0.4, -0.2) is 92.2 Å². The largest absolute Gasteiger partial charge is 0.480 e. The van der Waals surface area contributed by atoms with E-state index in [1.165, 1.54) is 6.92 Å². The average Bonchev–Trinajstić information content (AvgIpc) is 2.58. The van der Waals surface area contributed by atoms with Crippen LogP contribution in [0.5, 0.6) is 0 Å². The third-order valence-electron chi connectivity index (χ3n) is 2.80. The highest BCUT2D eigenvalue weighted by molar-refractivity contribution is 8.13. The second kappa shape index (κ2) is 14.6. The van der Waals surface area contributed by atoms with Crippen molar-refractivity contribution in [3.8, 4) is 0 Å². The van der Waals surface area contributed by atoms with E-state index in [-0.39, 0.29) is 18.6 Å². The van der Waals surface area contributed by atoms with Gasteiger partial charge in [-0.05, 0) is 13.3 Å². The summed E-state index contributed by atoms with van der Waals surface area (Å²) >= 11 is 0.596. The monoisotopic (exact) mass is 477 g/mol. The summed E-state index contributed by atoms with van der Waals surface area (Å²) in [6, 6.07) is -2.48. The van der Waals surface area contributed by atoms with Gasteiger partial charge in [-0.15, -0.1) is 0 Å². The number of thioether (sulfide) groups is 1. The van der Waals surface area contributed by atoms with Gasteiger partial charge < -0.3 is 31.7 Å². The van der Waals surface area contributed by atoms with Gasteiger partial charge in [0.2, 0.25) is 16.9 Å². The standard InChI is InChI=1S/C13H21N3O8S.H2O4S/c1-6(17)13(24)25-5-8(11(21)15-4-10(19)20)16-9(18)3-2-7(14)12(22)23;1-5(2,3)4/h6-8,17H,2-5,14H2,1H3,(H,15,21)(H,16,18)(H,19,20)(H,22,23);(H2,1,2,3,4). The molecule has 0 radical (unpaired) electrons. The Hall–Kier alpha value is -2.31. The Balaban J connectivity index is 0. The van der Waals surface area contributed by atoms with Crippen LogP contribution in [-0.2, 0) is 34.4 Å². The Morgan fingerprint density at radius 3 is 2.00 bits per heavy atom. The van der Waals surface area contributed by atoms with Gasteiger partial charge in [0.05, 0.1) is 0 Å². The van der Waals surface area contributed by atoms with Crippen molar-refractivity contribution in [1.29, 1.82) is 0 Å². The molecule has 0 heterocycles. The van der Waals surface area contributed by atoms with E-state index in [0.717, 1.165) is 0 Å². The number of aliphatic hydroxyl groups is 1. The number of carboxylic acids is 2. The van der Waals surface area contributed by atoms with Crippen molar-refractivity contribution in [3.05, 3.63) is 0 Å². The number of aliphatic hydroxyl groups excluding tert-OH is 1. The van der Waals surface area contributed by atoms with Crippen molar-refractivity contribution < 1.29 is 56.8 Å². The van der Waals surface area contributed by atoms with Crippen LogP contribution in [0, 0.1) is 0 Å². The van der Waals surface area contributed by atoms with Gasteiger partial charge in [-0.3, -0.25) is 33.1 Å². The van der Waals surface area contributed by atoms with Crippen molar-refractivity contribution >= 4 is 51.0 Å². The molecule has 0 aliphatic rings. The number of amides is 2. The molecule has 15 nitrogen and oxygen atoms in total. The summed E-state index contributed by atoms with van der Waals surface area (Å²) in [6.07, 6.45) is -1.70. The number of hydrogen-bond acceptors (Lipinski definition) is 10. The quantitative estimate of drug-likeness (QED) is 0.137. The molecule has 0 spiro atoms. The molecule has 17 heteroatoms. The maximum absolute atomic E-state index is 11.9. The van der Waals surface area contributed by atoms with E-state index in [0.29, 0.717) is 11.8 Å². The summed E-state index contributed by atoms with van der Waals surface area (Å²) in [5, 5.41) is 30.0. The molecule has 0 aromatic carbocycles. The summed E-state index contributed by atoms with van der Waals surface area (Å²) < 4.78 is 31.6. The molecule has 0 aliphatic heterocycles. The van der Waals surface area contributed by atoms with E-state index in [1.54, 1.807) is 0 Å². The molecule has 0 saturated carbocycles. The predicted molar refractivity (Wildman–Crippen MR) is 101 cm³/mol. The third kappa shape index (κ3) is 19.0. The summed E-state index contributed by atoms with van der Waals surface area (Å²) in [6.45, 7) is 0.560. The Labute approximate surface area is 175 Å². The fraction of sp³-hybridized carbons (Fsp3) is 0.615. The fourth-order valence-corrected chi connectivity index (χ4v) is 2.24. The molecule has 0 aromatic heterocycles. The summed E-state index contributed by atoms with van der Waals surface area (Å²) in [5.41, 5.74) is 5.27. The Morgan fingerprint density at radius 2 is 1.60 bits per heavy atom. The van der Waals surface area contributed by atoms with E-state index >= 15 is 0 Å².